The van der Waals surface area contributed by atoms with Crippen LogP contribution in [0, 0.1) is 11.8 Å². The maximum atomic E-state index is 11.5. The molecule has 0 heterocycles. The Bertz CT molecular complexity index is 537. The van der Waals surface area contributed by atoms with Crippen LogP contribution in [-0.4, -0.2) is 19.2 Å². The molecule has 1 amide bonds. The van der Waals surface area contributed by atoms with E-state index in [4.69, 9.17) is 4.74 Å². The summed E-state index contributed by atoms with van der Waals surface area (Å²) in [5, 5.41) is 2.76. The van der Waals surface area contributed by atoms with Crippen molar-refractivity contribution in [3.8, 4) is 11.8 Å². The van der Waals surface area contributed by atoms with Crippen molar-refractivity contribution in [3.05, 3.63) is 47.5 Å². The van der Waals surface area contributed by atoms with Crippen LogP contribution in [0.5, 0.6) is 0 Å². The van der Waals surface area contributed by atoms with Gasteiger partial charge in [-0.1, -0.05) is 41.7 Å². The fourth-order valence-corrected chi connectivity index (χ4v) is 2.27. The fourth-order valence-electron chi connectivity index (χ4n) is 2.27. The summed E-state index contributed by atoms with van der Waals surface area (Å²) in [4.78, 5) is 11.5. The third-order valence-corrected chi connectivity index (χ3v) is 3.38. The summed E-state index contributed by atoms with van der Waals surface area (Å²) < 4.78 is 5.01. The smallest absolute Gasteiger partial charge is 0.408 e. The van der Waals surface area contributed by atoms with Crippen molar-refractivity contribution in [1.82, 2.24) is 5.32 Å². The van der Waals surface area contributed by atoms with Crippen LogP contribution in [0.3, 0.4) is 0 Å². The summed E-state index contributed by atoms with van der Waals surface area (Å²) >= 11 is 0. The van der Waals surface area contributed by atoms with E-state index in [9.17, 15) is 4.79 Å². The zero-order valence-corrected chi connectivity index (χ0v) is 12.2. The average molecular weight is 283 g/mol. The number of carbonyl (C=O) groups is 1. The SMILES string of the molecule is O=C(NCCC1=CCCCC1)OCC#Cc1ccccc1. The van der Waals surface area contributed by atoms with Crippen molar-refractivity contribution in [3.63, 3.8) is 0 Å². The molecular formula is C18H21NO2. The summed E-state index contributed by atoms with van der Waals surface area (Å²) in [6.45, 7) is 0.750. The molecule has 1 aliphatic carbocycles. The molecule has 0 atom stereocenters. The maximum Gasteiger partial charge on any atom is 0.408 e. The van der Waals surface area contributed by atoms with Crippen LogP contribution in [0.2, 0.25) is 0 Å². The number of benzene rings is 1. The van der Waals surface area contributed by atoms with Gasteiger partial charge in [0.2, 0.25) is 0 Å². The minimum atomic E-state index is -0.395. The average Bonchev–Trinajstić information content (AvgIpc) is 2.54. The predicted octanol–water partition coefficient (Wildman–Crippen LogP) is 3.65. The molecule has 0 saturated carbocycles. The number of alkyl carbamates (subject to hydrolysis) is 1. The highest BCUT2D eigenvalue weighted by atomic mass is 16.5. The van der Waals surface area contributed by atoms with E-state index in [0.717, 1.165) is 12.0 Å². The van der Waals surface area contributed by atoms with E-state index in [-0.39, 0.29) is 6.61 Å². The highest BCUT2D eigenvalue weighted by Gasteiger charge is 2.04. The Balaban J connectivity index is 1.59. The van der Waals surface area contributed by atoms with Gasteiger partial charge in [-0.05, 0) is 44.2 Å². The zero-order valence-electron chi connectivity index (χ0n) is 12.2. The molecule has 1 aromatic carbocycles. The van der Waals surface area contributed by atoms with E-state index in [0.29, 0.717) is 6.54 Å². The molecule has 0 aliphatic heterocycles. The molecule has 2 rings (SSSR count). The standard InChI is InChI=1S/C18H21NO2/c20-18(19-14-13-17-10-5-2-6-11-17)21-15-7-12-16-8-3-1-4-9-16/h1,3-4,8-10H,2,5-6,11,13-15H2,(H,19,20). The van der Waals surface area contributed by atoms with Crippen LogP contribution in [0.15, 0.2) is 42.0 Å². The highest BCUT2D eigenvalue weighted by Crippen LogP contribution is 2.19. The van der Waals surface area contributed by atoms with Gasteiger partial charge in [0.1, 0.15) is 0 Å². The number of ether oxygens (including phenoxy) is 1. The minimum absolute atomic E-state index is 0.115. The lowest BCUT2D eigenvalue weighted by molar-refractivity contribution is 0.160. The van der Waals surface area contributed by atoms with Gasteiger partial charge in [-0.3, -0.25) is 0 Å². The van der Waals surface area contributed by atoms with Crippen molar-refractivity contribution in [2.45, 2.75) is 32.1 Å². The molecule has 0 unspecified atom stereocenters. The molecule has 21 heavy (non-hydrogen) atoms. The molecular weight excluding hydrogens is 262 g/mol. The fraction of sp³-hybridized carbons (Fsp3) is 0.389. The molecule has 0 saturated heterocycles. The van der Waals surface area contributed by atoms with Gasteiger partial charge in [-0.15, -0.1) is 0 Å². The molecule has 0 radical (unpaired) electrons. The molecule has 1 N–H and O–H groups in total. The van der Waals surface area contributed by atoms with Crippen molar-refractivity contribution < 1.29 is 9.53 Å². The van der Waals surface area contributed by atoms with Crippen LogP contribution in [0.25, 0.3) is 0 Å². The lowest BCUT2D eigenvalue weighted by atomic mass is 9.97. The normalized spacial score (nSPS) is 13.6. The summed E-state index contributed by atoms with van der Waals surface area (Å²) in [5.41, 5.74) is 2.37. The van der Waals surface area contributed by atoms with Gasteiger partial charge in [-0.25, -0.2) is 4.79 Å². The second kappa shape index (κ2) is 8.86. The summed E-state index contributed by atoms with van der Waals surface area (Å²) in [5.74, 6) is 5.77. The lowest BCUT2D eigenvalue weighted by Crippen LogP contribution is -2.25. The molecule has 0 fully saturated rings. The molecule has 1 aliphatic rings. The van der Waals surface area contributed by atoms with Gasteiger partial charge in [-0.2, -0.15) is 0 Å². The molecule has 1 aromatic rings. The van der Waals surface area contributed by atoms with Crippen LogP contribution in [0.4, 0.5) is 4.79 Å². The third kappa shape index (κ3) is 6.18. The Labute approximate surface area is 126 Å². The van der Waals surface area contributed by atoms with E-state index >= 15 is 0 Å². The van der Waals surface area contributed by atoms with E-state index in [1.165, 1.54) is 31.3 Å². The van der Waals surface area contributed by atoms with Gasteiger partial charge < -0.3 is 10.1 Å². The quantitative estimate of drug-likeness (QED) is 0.676. The Morgan fingerprint density at radius 1 is 1.24 bits per heavy atom. The van der Waals surface area contributed by atoms with Crippen LogP contribution in [0.1, 0.15) is 37.7 Å². The first kappa shape index (κ1) is 15.2. The number of allylic oxidation sites excluding steroid dienone is 1. The van der Waals surface area contributed by atoms with Crippen molar-refractivity contribution >= 4 is 6.09 Å². The first-order valence-corrected chi connectivity index (χ1v) is 7.47. The molecule has 0 bridgehead atoms. The number of carbonyl (C=O) groups excluding carboxylic acids is 1. The van der Waals surface area contributed by atoms with Crippen LogP contribution < -0.4 is 5.32 Å². The van der Waals surface area contributed by atoms with Gasteiger partial charge >= 0.3 is 6.09 Å². The highest BCUT2D eigenvalue weighted by molar-refractivity contribution is 5.67. The predicted molar refractivity (Wildman–Crippen MR) is 83.8 cm³/mol. The Kier molecular flexibility index (Phi) is 6.41. The Morgan fingerprint density at radius 2 is 2.10 bits per heavy atom. The van der Waals surface area contributed by atoms with Crippen molar-refractivity contribution in [1.29, 1.82) is 0 Å². The van der Waals surface area contributed by atoms with Gasteiger partial charge in [0.05, 0.1) is 0 Å². The van der Waals surface area contributed by atoms with Crippen LogP contribution in [-0.2, 0) is 4.74 Å². The number of hydrogen-bond donors (Lipinski definition) is 1. The summed E-state index contributed by atoms with van der Waals surface area (Å²) in [6.07, 6.45) is 7.72. The Hall–Kier alpha value is -2.21. The van der Waals surface area contributed by atoms with Crippen molar-refractivity contribution in [2.75, 3.05) is 13.2 Å². The molecule has 110 valence electrons. The van der Waals surface area contributed by atoms with Gasteiger partial charge in [0.25, 0.3) is 0 Å². The van der Waals surface area contributed by atoms with E-state index in [1.54, 1.807) is 0 Å². The number of nitrogens with one attached hydrogen (secondary N) is 1. The molecule has 0 aromatic heterocycles. The molecule has 3 nitrogen and oxygen atoms in total. The molecule has 3 heteroatoms. The van der Waals surface area contributed by atoms with Gasteiger partial charge in [0, 0.05) is 12.1 Å². The number of amides is 1. The second-order valence-corrected chi connectivity index (χ2v) is 5.03. The first-order valence-electron chi connectivity index (χ1n) is 7.47. The van der Waals surface area contributed by atoms with E-state index < -0.39 is 6.09 Å². The largest absolute Gasteiger partial charge is 0.436 e. The Morgan fingerprint density at radius 3 is 2.86 bits per heavy atom. The number of rotatable bonds is 4. The maximum absolute atomic E-state index is 11.5. The first-order chi connectivity index (χ1) is 10.3. The summed E-state index contributed by atoms with van der Waals surface area (Å²) in [7, 11) is 0. The second-order valence-electron chi connectivity index (χ2n) is 5.03. The molecule has 0 spiro atoms. The zero-order chi connectivity index (χ0) is 14.8. The van der Waals surface area contributed by atoms with E-state index in [2.05, 4.69) is 23.2 Å². The number of hydrogen-bond acceptors (Lipinski definition) is 2. The third-order valence-electron chi connectivity index (χ3n) is 3.38. The topological polar surface area (TPSA) is 38.3 Å². The van der Waals surface area contributed by atoms with Crippen molar-refractivity contribution in [2.24, 2.45) is 0 Å². The van der Waals surface area contributed by atoms with Gasteiger partial charge in [0.15, 0.2) is 6.61 Å². The summed E-state index contributed by atoms with van der Waals surface area (Å²) in [6, 6.07) is 9.64. The van der Waals surface area contributed by atoms with Crippen LogP contribution >= 0.6 is 0 Å². The lowest BCUT2D eigenvalue weighted by Gasteiger charge is -2.12. The van der Waals surface area contributed by atoms with E-state index in [1.807, 2.05) is 30.3 Å². The minimum Gasteiger partial charge on any atom is -0.436 e. The monoisotopic (exact) mass is 283 g/mol.